The molecular weight excluding hydrogens is 270 g/mol. The molecule has 4 nitrogen and oxygen atoms in total. The molecule has 1 aliphatic heterocycles. The molecule has 108 valence electrons. The van der Waals surface area contributed by atoms with E-state index in [1.165, 1.54) is 0 Å². The normalized spacial score (nSPS) is 19.2. The van der Waals surface area contributed by atoms with Gasteiger partial charge in [0.25, 0.3) is 0 Å². The van der Waals surface area contributed by atoms with Crippen LogP contribution in [-0.2, 0) is 9.53 Å². The Labute approximate surface area is 114 Å². The highest BCUT2D eigenvalue weighted by Gasteiger charge is 2.20. The molecule has 1 heterocycles. The summed E-state index contributed by atoms with van der Waals surface area (Å²) in [5.41, 5.74) is 0.120. The molecule has 0 aromatic heterocycles. The summed E-state index contributed by atoms with van der Waals surface area (Å²) >= 11 is 0. The third-order valence-electron chi connectivity index (χ3n) is 2.84. The molecule has 6 heteroatoms. The fraction of sp³-hybridized carbons (Fsp3) is 0.357. The fourth-order valence-electron chi connectivity index (χ4n) is 1.93. The first-order valence-electron chi connectivity index (χ1n) is 6.20. The van der Waals surface area contributed by atoms with E-state index in [2.05, 4.69) is 0 Å². The van der Waals surface area contributed by atoms with E-state index in [1.807, 2.05) is 0 Å². The highest BCUT2D eigenvalue weighted by Crippen LogP contribution is 2.26. The lowest BCUT2D eigenvalue weighted by Gasteiger charge is -2.23. The summed E-state index contributed by atoms with van der Waals surface area (Å²) in [6.07, 6.45) is 3.02. The van der Waals surface area contributed by atoms with Gasteiger partial charge in [-0.2, -0.15) is 0 Å². The highest BCUT2D eigenvalue weighted by molar-refractivity contribution is 5.85. The van der Waals surface area contributed by atoms with Gasteiger partial charge in [0.1, 0.15) is 6.10 Å². The number of halogens is 2. The van der Waals surface area contributed by atoms with Crippen molar-refractivity contribution < 1.29 is 28.2 Å². The number of carboxylic acid groups (broad SMARTS) is 1. The van der Waals surface area contributed by atoms with E-state index in [0.29, 0.717) is 19.6 Å². The van der Waals surface area contributed by atoms with Crippen molar-refractivity contribution in [3.8, 4) is 5.75 Å². The maximum atomic E-state index is 13.8. The molecule has 0 aliphatic carbocycles. The number of hydrogen-bond acceptors (Lipinski definition) is 3. The average Bonchev–Trinajstić information content (AvgIpc) is 2.42. The number of hydrogen-bond donors (Lipinski definition) is 1. The van der Waals surface area contributed by atoms with Gasteiger partial charge in [0.2, 0.25) is 0 Å². The molecule has 1 aliphatic rings. The minimum absolute atomic E-state index is 0.120. The summed E-state index contributed by atoms with van der Waals surface area (Å²) in [4.78, 5) is 10.4. The molecule has 1 fully saturated rings. The van der Waals surface area contributed by atoms with Crippen LogP contribution < -0.4 is 4.74 Å². The number of carboxylic acids is 1. The van der Waals surface area contributed by atoms with E-state index in [4.69, 9.17) is 14.6 Å². The van der Waals surface area contributed by atoms with Gasteiger partial charge in [-0.25, -0.2) is 13.6 Å². The second-order valence-corrected chi connectivity index (χ2v) is 4.44. The zero-order valence-corrected chi connectivity index (χ0v) is 10.6. The third-order valence-corrected chi connectivity index (χ3v) is 2.84. The number of ether oxygens (including phenoxy) is 2. The molecular formula is C14H14F2O4. The van der Waals surface area contributed by atoms with Gasteiger partial charge in [-0.3, -0.25) is 0 Å². The lowest BCUT2D eigenvalue weighted by Crippen LogP contribution is -2.28. The smallest absolute Gasteiger partial charge is 0.328 e. The molecule has 1 unspecified atom stereocenters. The Hall–Kier alpha value is -1.95. The van der Waals surface area contributed by atoms with Crippen LogP contribution in [0.3, 0.4) is 0 Å². The fourth-order valence-corrected chi connectivity index (χ4v) is 1.93. The first-order chi connectivity index (χ1) is 9.56. The van der Waals surface area contributed by atoms with Crippen molar-refractivity contribution in [2.75, 3.05) is 13.2 Å². The zero-order chi connectivity index (χ0) is 14.5. The number of rotatable bonds is 4. The molecule has 0 spiro atoms. The molecule has 0 radical (unpaired) electrons. The van der Waals surface area contributed by atoms with E-state index >= 15 is 0 Å². The molecule has 1 N–H and O–H groups in total. The van der Waals surface area contributed by atoms with Crippen molar-refractivity contribution in [2.24, 2.45) is 0 Å². The number of aliphatic carboxylic acids is 1. The van der Waals surface area contributed by atoms with Gasteiger partial charge < -0.3 is 14.6 Å². The predicted octanol–water partition coefficient (Wildman–Crippen LogP) is 2.62. The lowest BCUT2D eigenvalue weighted by molar-refractivity contribution is -0.131. The maximum absolute atomic E-state index is 13.8. The average molecular weight is 284 g/mol. The van der Waals surface area contributed by atoms with Crippen molar-refractivity contribution >= 4 is 12.0 Å². The number of carbonyl (C=O) groups is 1. The third kappa shape index (κ3) is 3.77. The van der Waals surface area contributed by atoms with Gasteiger partial charge in [0, 0.05) is 12.7 Å². The second-order valence-electron chi connectivity index (χ2n) is 4.44. The molecule has 1 saturated heterocycles. The van der Waals surface area contributed by atoms with Crippen LogP contribution >= 0.6 is 0 Å². The summed E-state index contributed by atoms with van der Waals surface area (Å²) in [6, 6.07) is 2.06. The van der Waals surface area contributed by atoms with Gasteiger partial charge in [0.05, 0.1) is 6.61 Å². The van der Waals surface area contributed by atoms with Crippen LogP contribution in [0.15, 0.2) is 18.2 Å². The van der Waals surface area contributed by atoms with E-state index in [1.54, 1.807) is 0 Å². The first-order valence-corrected chi connectivity index (χ1v) is 6.20. The summed E-state index contributed by atoms with van der Waals surface area (Å²) in [6.45, 7) is 0.934. The zero-order valence-electron chi connectivity index (χ0n) is 10.6. The van der Waals surface area contributed by atoms with E-state index in [0.717, 1.165) is 30.7 Å². The highest BCUT2D eigenvalue weighted by atomic mass is 19.1. The van der Waals surface area contributed by atoms with Crippen LogP contribution in [0, 0.1) is 11.6 Å². The quantitative estimate of drug-likeness (QED) is 0.863. The Bertz CT molecular complexity index is 499. The Balaban J connectivity index is 2.15. The standard InChI is InChI=1S/C14H14F2O4/c15-11-6-9(3-4-13(17)18)7-12(16)14(11)20-10-2-1-5-19-8-10/h3-4,6-7,10H,1-2,5,8H2,(H,17,18)/b4-3+. The summed E-state index contributed by atoms with van der Waals surface area (Å²) in [7, 11) is 0. The van der Waals surface area contributed by atoms with Crippen LogP contribution in [0.4, 0.5) is 8.78 Å². The summed E-state index contributed by atoms with van der Waals surface area (Å²) in [5, 5.41) is 8.47. The lowest BCUT2D eigenvalue weighted by atomic mass is 10.1. The topological polar surface area (TPSA) is 55.8 Å². The van der Waals surface area contributed by atoms with E-state index < -0.39 is 23.4 Å². The maximum Gasteiger partial charge on any atom is 0.328 e. The minimum atomic E-state index is -1.19. The van der Waals surface area contributed by atoms with Crippen molar-refractivity contribution in [3.63, 3.8) is 0 Å². The van der Waals surface area contributed by atoms with Crippen LogP contribution in [0.1, 0.15) is 18.4 Å². The van der Waals surface area contributed by atoms with E-state index in [9.17, 15) is 13.6 Å². The Morgan fingerprint density at radius 3 is 2.65 bits per heavy atom. The van der Waals surface area contributed by atoms with Gasteiger partial charge >= 0.3 is 5.97 Å². The monoisotopic (exact) mass is 284 g/mol. The van der Waals surface area contributed by atoms with Crippen molar-refractivity contribution in [2.45, 2.75) is 18.9 Å². The molecule has 0 saturated carbocycles. The second kappa shape index (κ2) is 6.47. The van der Waals surface area contributed by atoms with E-state index in [-0.39, 0.29) is 11.7 Å². The van der Waals surface area contributed by atoms with Gasteiger partial charge in [0.15, 0.2) is 17.4 Å². The molecule has 0 bridgehead atoms. The van der Waals surface area contributed by atoms with Gasteiger partial charge in [-0.15, -0.1) is 0 Å². The summed E-state index contributed by atoms with van der Waals surface area (Å²) in [5.74, 6) is -3.36. The van der Waals surface area contributed by atoms with Crippen LogP contribution in [0.2, 0.25) is 0 Å². The number of benzene rings is 1. The molecule has 20 heavy (non-hydrogen) atoms. The van der Waals surface area contributed by atoms with Crippen molar-refractivity contribution in [1.29, 1.82) is 0 Å². The minimum Gasteiger partial charge on any atom is -0.482 e. The molecule has 1 atom stereocenters. The summed E-state index contributed by atoms with van der Waals surface area (Å²) < 4.78 is 38.1. The predicted molar refractivity (Wildman–Crippen MR) is 67.5 cm³/mol. The molecule has 0 amide bonds. The van der Waals surface area contributed by atoms with Crippen LogP contribution in [0.25, 0.3) is 6.08 Å². The van der Waals surface area contributed by atoms with Crippen molar-refractivity contribution in [1.82, 2.24) is 0 Å². The molecule has 2 rings (SSSR count). The Kier molecular flexibility index (Phi) is 4.68. The van der Waals surface area contributed by atoms with Gasteiger partial charge in [-0.1, -0.05) is 0 Å². The van der Waals surface area contributed by atoms with Crippen LogP contribution in [-0.4, -0.2) is 30.4 Å². The largest absolute Gasteiger partial charge is 0.482 e. The van der Waals surface area contributed by atoms with Crippen LogP contribution in [0.5, 0.6) is 5.75 Å². The molecule has 1 aromatic rings. The Morgan fingerprint density at radius 1 is 1.40 bits per heavy atom. The van der Waals surface area contributed by atoms with Crippen molar-refractivity contribution in [3.05, 3.63) is 35.4 Å². The first kappa shape index (κ1) is 14.5. The SMILES string of the molecule is O=C(O)/C=C/c1cc(F)c(OC2CCCOC2)c(F)c1. The van der Waals surface area contributed by atoms with Gasteiger partial charge in [-0.05, 0) is 36.6 Å². The molecule has 1 aromatic carbocycles. The Morgan fingerprint density at radius 2 is 2.10 bits per heavy atom.